The fourth-order valence-corrected chi connectivity index (χ4v) is 3.53. The summed E-state index contributed by atoms with van der Waals surface area (Å²) in [6.45, 7) is 7.31. The summed E-state index contributed by atoms with van der Waals surface area (Å²) in [7, 11) is 0. The maximum Gasteiger partial charge on any atom is 0.351 e. The molecule has 0 bridgehead atoms. The van der Waals surface area contributed by atoms with Crippen LogP contribution in [0.4, 0.5) is 5.69 Å². The van der Waals surface area contributed by atoms with Crippen LogP contribution in [0.5, 0.6) is 0 Å². The molecule has 3 aromatic carbocycles. The van der Waals surface area contributed by atoms with Crippen molar-refractivity contribution in [3.63, 3.8) is 0 Å². The van der Waals surface area contributed by atoms with Crippen LogP contribution in [0.1, 0.15) is 40.9 Å². The molecule has 1 N–H and O–H groups in total. The first kappa shape index (κ1) is 24.1. The minimum atomic E-state index is -1.30. The largest absolute Gasteiger partial charge is 0.477 e. The summed E-state index contributed by atoms with van der Waals surface area (Å²) < 4.78 is 5.30. The lowest BCUT2D eigenvalue weighted by molar-refractivity contribution is 0.0692. The summed E-state index contributed by atoms with van der Waals surface area (Å²) in [5.41, 5.74) is 3.38. The van der Waals surface area contributed by atoms with Crippen molar-refractivity contribution < 1.29 is 14.3 Å². The number of hydrogen-bond acceptors (Lipinski definition) is 4. The van der Waals surface area contributed by atoms with E-state index in [9.17, 15) is 9.59 Å². The number of fused-ring (bicyclic) bond motifs is 1. The molecule has 5 nitrogen and oxygen atoms in total. The maximum atomic E-state index is 12.0. The Morgan fingerprint density at radius 2 is 1.48 bits per heavy atom. The third kappa shape index (κ3) is 6.02. The van der Waals surface area contributed by atoms with Crippen molar-refractivity contribution in [2.24, 2.45) is 0 Å². The molecule has 0 atom stereocenters. The zero-order chi connectivity index (χ0) is 24.0. The molecular weight excluding hydrogens is 438 g/mol. The summed E-state index contributed by atoms with van der Waals surface area (Å²) in [6.07, 6.45) is 0. The van der Waals surface area contributed by atoms with Crippen LogP contribution in [-0.2, 0) is 13.1 Å². The second-order valence-corrected chi connectivity index (χ2v) is 7.88. The van der Waals surface area contributed by atoms with Gasteiger partial charge in [-0.1, -0.05) is 67.4 Å². The molecule has 0 saturated carbocycles. The fraction of sp³-hybridized carbons (Fsp3) is 0.185. The molecule has 33 heavy (non-hydrogen) atoms. The molecule has 0 aliphatic heterocycles. The number of aryl methyl sites for hydroxylation is 1. The minimum Gasteiger partial charge on any atom is -0.477 e. The first-order chi connectivity index (χ1) is 15.9. The molecule has 4 rings (SSSR count). The van der Waals surface area contributed by atoms with Crippen molar-refractivity contribution in [2.45, 2.75) is 33.9 Å². The number of benzene rings is 3. The predicted molar refractivity (Wildman–Crippen MR) is 133 cm³/mol. The molecule has 1 heterocycles. The number of halogens is 1. The number of aromatic carboxylic acids is 1. The zero-order valence-corrected chi connectivity index (χ0v) is 19.6. The first-order valence-corrected chi connectivity index (χ1v) is 11.1. The highest BCUT2D eigenvalue weighted by Crippen LogP contribution is 2.26. The third-order valence-electron chi connectivity index (χ3n) is 5.10. The number of carboxylic acids is 1. The van der Waals surface area contributed by atoms with Crippen LogP contribution < -0.4 is 10.5 Å². The molecule has 0 amide bonds. The second-order valence-electron chi connectivity index (χ2n) is 7.44. The lowest BCUT2D eigenvalue weighted by atomic mass is 10.1. The van der Waals surface area contributed by atoms with E-state index in [1.54, 1.807) is 12.1 Å². The molecule has 170 valence electrons. The van der Waals surface area contributed by atoms with Crippen molar-refractivity contribution in [3.8, 4) is 0 Å². The number of hydrogen-bond donors (Lipinski definition) is 1. The van der Waals surface area contributed by atoms with Gasteiger partial charge in [-0.2, -0.15) is 0 Å². The summed E-state index contributed by atoms with van der Waals surface area (Å²) in [5.74, 6) is -1.30. The quantitative estimate of drug-likeness (QED) is 0.323. The van der Waals surface area contributed by atoms with Crippen molar-refractivity contribution in [2.75, 3.05) is 4.90 Å². The predicted octanol–water partition coefficient (Wildman–Crippen LogP) is 6.69. The van der Waals surface area contributed by atoms with Gasteiger partial charge in [0.05, 0.1) is 0 Å². The van der Waals surface area contributed by atoms with Gasteiger partial charge in [-0.25, -0.2) is 9.59 Å². The van der Waals surface area contributed by atoms with Gasteiger partial charge in [0.1, 0.15) is 11.1 Å². The molecule has 4 aromatic rings. The average molecular weight is 464 g/mol. The Morgan fingerprint density at radius 3 is 2.06 bits per heavy atom. The van der Waals surface area contributed by atoms with Gasteiger partial charge in [0, 0.05) is 35.3 Å². The van der Waals surface area contributed by atoms with E-state index < -0.39 is 11.6 Å². The summed E-state index contributed by atoms with van der Waals surface area (Å²) in [6, 6.07) is 22.8. The molecule has 1 aromatic heterocycles. The van der Waals surface area contributed by atoms with Crippen LogP contribution in [0, 0.1) is 6.92 Å². The molecule has 0 fully saturated rings. The number of anilines is 1. The molecule has 0 saturated heterocycles. The van der Waals surface area contributed by atoms with E-state index in [4.69, 9.17) is 21.1 Å². The van der Waals surface area contributed by atoms with Gasteiger partial charge in [-0.05, 0) is 48.4 Å². The highest BCUT2D eigenvalue weighted by atomic mass is 35.5. The molecule has 0 radical (unpaired) electrons. The van der Waals surface area contributed by atoms with Gasteiger partial charge in [-0.3, -0.25) is 0 Å². The topological polar surface area (TPSA) is 70.8 Å². The lowest BCUT2D eigenvalue weighted by Gasteiger charge is -2.25. The van der Waals surface area contributed by atoms with E-state index in [1.165, 1.54) is 11.6 Å². The molecular formula is C27H26ClNO4. The van der Waals surface area contributed by atoms with Gasteiger partial charge >= 0.3 is 11.6 Å². The first-order valence-electron chi connectivity index (χ1n) is 10.8. The molecule has 0 unspecified atom stereocenters. The van der Waals surface area contributed by atoms with Gasteiger partial charge in [0.15, 0.2) is 0 Å². The lowest BCUT2D eigenvalue weighted by Crippen LogP contribution is -2.22. The van der Waals surface area contributed by atoms with Gasteiger partial charge in [-0.15, -0.1) is 0 Å². The minimum absolute atomic E-state index is 0.345. The Morgan fingerprint density at radius 1 is 0.909 bits per heavy atom. The van der Waals surface area contributed by atoms with Gasteiger partial charge in [0.25, 0.3) is 0 Å². The summed E-state index contributed by atoms with van der Waals surface area (Å²) in [5, 5.41) is 10.4. The molecule has 6 heteroatoms. The second kappa shape index (κ2) is 10.8. The van der Waals surface area contributed by atoms with Crippen LogP contribution >= 0.6 is 11.6 Å². The van der Waals surface area contributed by atoms with Crippen molar-refractivity contribution in [1.29, 1.82) is 0 Å². The SMILES string of the molecule is CC.Cc1ccc(CN(Cc2ccc(Cl)cc2)c2ccc3cc(C(=O)O)c(=O)oc3c2)cc1. The Labute approximate surface area is 197 Å². The normalized spacial score (nSPS) is 10.4. The van der Waals surface area contributed by atoms with E-state index in [0.29, 0.717) is 29.1 Å². The Hall–Kier alpha value is -3.57. The van der Waals surface area contributed by atoms with Crippen molar-refractivity contribution in [3.05, 3.63) is 110 Å². The van der Waals surface area contributed by atoms with Crippen molar-refractivity contribution in [1.82, 2.24) is 0 Å². The Kier molecular flexibility index (Phi) is 7.91. The maximum absolute atomic E-state index is 12.0. The van der Waals surface area contributed by atoms with Crippen LogP contribution in [0.2, 0.25) is 5.02 Å². The number of nitrogens with zero attached hydrogens (tertiary/aromatic N) is 1. The standard InChI is InChI=1S/C25H20ClNO4.C2H6/c1-16-2-4-17(5-3-16)14-27(15-18-6-9-20(26)10-7-18)21-11-8-19-12-22(24(28)29)25(30)31-23(19)13-21;1-2/h2-13H,14-15H2,1H3,(H,28,29);1-2H3. The molecule has 0 aliphatic rings. The van der Waals surface area contributed by atoms with E-state index in [2.05, 4.69) is 29.2 Å². The fourth-order valence-electron chi connectivity index (χ4n) is 3.41. The van der Waals surface area contributed by atoms with E-state index in [1.807, 2.05) is 51.1 Å². The van der Waals surface area contributed by atoms with Crippen LogP contribution in [-0.4, -0.2) is 11.1 Å². The smallest absolute Gasteiger partial charge is 0.351 e. The summed E-state index contributed by atoms with van der Waals surface area (Å²) >= 11 is 6.03. The highest BCUT2D eigenvalue weighted by Gasteiger charge is 2.15. The summed E-state index contributed by atoms with van der Waals surface area (Å²) in [4.78, 5) is 25.4. The Bertz CT molecular complexity index is 1250. The van der Waals surface area contributed by atoms with Crippen molar-refractivity contribution >= 4 is 34.2 Å². The average Bonchev–Trinajstić information content (AvgIpc) is 2.81. The Balaban J connectivity index is 0.00000149. The van der Waals surface area contributed by atoms with Gasteiger partial charge in [0.2, 0.25) is 0 Å². The monoisotopic (exact) mass is 463 g/mol. The van der Waals surface area contributed by atoms with E-state index in [0.717, 1.165) is 16.8 Å². The number of rotatable bonds is 6. The highest BCUT2D eigenvalue weighted by molar-refractivity contribution is 6.30. The zero-order valence-electron chi connectivity index (χ0n) is 18.8. The van der Waals surface area contributed by atoms with E-state index >= 15 is 0 Å². The third-order valence-corrected chi connectivity index (χ3v) is 5.35. The molecule has 0 aliphatic carbocycles. The van der Waals surface area contributed by atoms with Crippen LogP contribution in [0.3, 0.4) is 0 Å². The number of carbonyl (C=O) groups is 1. The van der Waals surface area contributed by atoms with Crippen LogP contribution in [0.25, 0.3) is 11.0 Å². The van der Waals surface area contributed by atoms with Gasteiger partial charge < -0.3 is 14.4 Å². The number of carboxylic acid groups (broad SMARTS) is 1. The van der Waals surface area contributed by atoms with Crippen LogP contribution in [0.15, 0.2) is 82.0 Å². The van der Waals surface area contributed by atoms with E-state index in [-0.39, 0.29) is 5.56 Å². The molecule has 0 spiro atoms.